The van der Waals surface area contributed by atoms with Crippen molar-refractivity contribution in [3.8, 4) is 0 Å². The Morgan fingerprint density at radius 2 is 1.71 bits per heavy atom. The Hall–Kier alpha value is -0.570. The molecule has 3 nitrogen and oxygen atoms in total. The van der Waals surface area contributed by atoms with E-state index in [2.05, 4.69) is 16.7 Å². The first-order valence-corrected chi connectivity index (χ1v) is 7.29. The summed E-state index contributed by atoms with van der Waals surface area (Å²) in [5, 5.41) is 0. The molecular formula is C14H24N2O. The van der Waals surface area contributed by atoms with E-state index in [4.69, 9.17) is 0 Å². The van der Waals surface area contributed by atoms with Crippen LogP contribution in [-0.4, -0.2) is 48.4 Å². The molecule has 3 aliphatic rings. The first kappa shape index (κ1) is 11.5. The van der Waals surface area contributed by atoms with E-state index >= 15 is 0 Å². The van der Waals surface area contributed by atoms with Gasteiger partial charge in [0.05, 0.1) is 0 Å². The van der Waals surface area contributed by atoms with Gasteiger partial charge in [-0.05, 0) is 44.1 Å². The fraction of sp³-hybridized carbons (Fsp3) is 0.929. The van der Waals surface area contributed by atoms with Crippen molar-refractivity contribution in [2.45, 2.75) is 32.6 Å². The van der Waals surface area contributed by atoms with Gasteiger partial charge >= 0.3 is 0 Å². The van der Waals surface area contributed by atoms with Gasteiger partial charge in [0.2, 0.25) is 5.91 Å². The third kappa shape index (κ3) is 2.35. The number of carbonyl (C=O) groups is 1. The third-order valence-electron chi connectivity index (χ3n) is 4.82. The highest BCUT2D eigenvalue weighted by Gasteiger charge is 2.48. The molecule has 3 fully saturated rings. The van der Waals surface area contributed by atoms with Crippen LogP contribution in [0.2, 0.25) is 0 Å². The lowest BCUT2D eigenvalue weighted by Crippen LogP contribution is -2.50. The van der Waals surface area contributed by atoms with Gasteiger partial charge in [-0.1, -0.05) is 6.92 Å². The van der Waals surface area contributed by atoms with Crippen LogP contribution < -0.4 is 0 Å². The molecule has 3 heteroatoms. The molecule has 1 heterocycles. The van der Waals surface area contributed by atoms with Crippen LogP contribution in [0.15, 0.2) is 0 Å². The Balaban J connectivity index is 1.47. The second-order valence-electron chi connectivity index (χ2n) is 6.09. The standard InChI is InChI=1S/C14H24N2O/c1-2-3-15-4-6-16(7-5-15)14(17)13-9-11-8-12(11)10-13/h11-13H,2-10H2,1H3. The minimum absolute atomic E-state index is 0.386. The highest BCUT2D eigenvalue weighted by molar-refractivity contribution is 5.79. The normalized spacial score (nSPS) is 37.0. The summed E-state index contributed by atoms with van der Waals surface area (Å²) in [6.45, 7) is 7.51. The molecule has 17 heavy (non-hydrogen) atoms. The summed E-state index contributed by atoms with van der Waals surface area (Å²) < 4.78 is 0. The molecule has 3 rings (SSSR count). The Bertz CT molecular complexity index is 287. The highest BCUT2D eigenvalue weighted by Crippen LogP contribution is 2.54. The zero-order chi connectivity index (χ0) is 11.8. The summed E-state index contributed by atoms with van der Waals surface area (Å²) in [6, 6.07) is 0. The molecule has 0 aromatic rings. The number of hydrogen-bond acceptors (Lipinski definition) is 2. The molecule has 0 bridgehead atoms. The second kappa shape index (κ2) is 4.60. The molecule has 2 aliphatic carbocycles. The predicted octanol–water partition coefficient (Wildman–Crippen LogP) is 1.59. The Morgan fingerprint density at radius 3 is 2.29 bits per heavy atom. The largest absolute Gasteiger partial charge is 0.340 e. The molecule has 1 amide bonds. The molecule has 1 aliphatic heterocycles. The topological polar surface area (TPSA) is 23.6 Å². The minimum atomic E-state index is 0.386. The van der Waals surface area contributed by atoms with E-state index in [0.29, 0.717) is 11.8 Å². The lowest BCUT2D eigenvalue weighted by Gasteiger charge is -2.36. The van der Waals surface area contributed by atoms with Crippen molar-refractivity contribution >= 4 is 5.91 Å². The van der Waals surface area contributed by atoms with E-state index < -0.39 is 0 Å². The molecule has 0 spiro atoms. The van der Waals surface area contributed by atoms with Crippen molar-refractivity contribution in [3.05, 3.63) is 0 Å². The summed E-state index contributed by atoms with van der Waals surface area (Å²) >= 11 is 0. The van der Waals surface area contributed by atoms with E-state index in [1.807, 2.05) is 0 Å². The summed E-state index contributed by atoms with van der Waals surface area (Å²) in [5.74, 6) is 2.69. The van der Waals surface area contributed by atoms with Crippen LogP contribution >= 0.6 is 0 Å². The highest BCUT2D eigenvalue weighted by atomic mass is 16.2. The van der Waals surface area contributed by atoms with Crippen molar-refractivity contribution in [2.24, 2.45) is 17.8 Å². The molecule has 2 saturated carbocycles. The van der Waals surface area contributed by atoms with E-state index in [9.17, 15) is 4.79 Å². The van der Waals surface area contributed by atoms with Crippen molar-refractivity contribution in [2.75, 3.05) is 32.7 Å². The number of carbonyl (C=O) groups excluding carboxylic acids is 1. The van der Waals surface area contributed by atoms with E-state index in [-0.39, 0.29) is 0 Å². The van der Waals surface area contributed by atoms with Crippen molar-refractivity contribution in [3.63, 3.8) is 0 Å². The smallest absolute Gasteiger partial charge is 0.225 e. The van der Waals surface area contributed by atoms with Gasteiger partial charge in [-0.2, -0.15) is 0 Å². The van der Waals surface area contributed by atoms with Gasteiger partial charge < -0.3 is 4.90 Å². The van der Waals surface area contributed by atoms with Crippen molar-refractivity contribution in [1.29, 1.82) is 0 Å². The first-order chi connectivity index (χ1) is 8.28. The molecule has 0 aromatic heterocycles. The van der Waals surface area contributed by atoms with Crippen LogP contribution in [0.4, 0.5) is 0 Å². The van der Waals surface area contributed by atoms with Crippen LogP contribution in [0.5, 0.6) is 0 Å². The van der Waals surface area contributed by atoms with Crippen molar-refractivity contribution < 1.29 is 4.79 Å². The van der Waals surface area contributed by atoms with E-state index in [1.54, 1.807) is 0 Å². The van der Waals surface area contributed by atoms with Gasteiger partial charge in [-0.25, -0.2) is 0 Å². The summed E-state index contributed by atoms with van der Waals surface area (Å²) in [7, 11) is 0. The van der Waals surface area contributed by atoms with Gasteiger partial charge in [0.1, 0.15) is 0 Å². The van der Waals surface area contributed by atoms with E-state index in [1.165, 1.54) is 32.2 Å². The number of hydrogen-bond donors (Lipinski definition) is 0. The predicted molar refractivity (Wildman–Crippen MR) is 67.6 cm³/mol. The quantitative estimate of drug-likeness (QED) is 0.743. The second-order valence-corrected chi connectivity index (χ2v) is 6.09. The number of fused-ring (bicyclic) bond motifs is 1. The van der Waals surface area contributed by atoms with Gasteiger partial charge in [-0.3, -0.25) is 9.69 Å². The zero-order valence-corrected chi connectivity index (χ0v) is 10.9. The maximum absolute atomic E-state index is 12.3. The number of amides is 1. The van der Waals surface area contributed by atoms with Crippen LogP contribution in [0.25, 0.3) is 0 Å². The fourth-order valence-electron chi connectivity index (χ4n) is 3.68. The number of rotatable bonds is 3. The van der Waals surface area contributed by atoms with Gasteiger partial charge in [-0.15, -0.1) is 0 Å². The molecule has 2 atom stereocenters. The molecule has 0 N–H and O–H groups in total. The zero-order valence-electron chi connectivity index (χ0n) is 10.9. The minimum Gasteiger partial charge on any atom is -0.340 e. The lowest BCUT2D eigenvalue weighted by molar-refractivity contribution is -0.137. The maximum Gasteiger partial charge on any atom is 0.225 e. The first-order valence-electron chi connectivity index (χ1n) is 7.29. The molecule has 2 unspecified atom stereocenters. The van der Waals surface area contributed by atoms with Gasteiger partial charge in [0.15, 0.2) is 0 Å². The monoisotopic (exact) mass is 236 g/mol. The van der Waals surface area contributed by atoms with Crippen LogP contribution in [0.3, 0.4) is 0 Å². The van der Waals surface area contributed by atoms with Crippen LogP contribution in [-0.2, 0) is 4.79 Å². The van der Waals surface area contributed by atoms with Gasteiger partial charge in [0.25, 0.3) is 0 Å². The third-order valence-corrected chi connectivity index (χ3v) is 4.82. The number of piperazine rings is 1. The maximum atomic E-state index is 12.3. The average Bonchev–Trinajstić information content (AvgIpc) is 2.97. The van der Waals surface area contributed by atoms with Crippen LogP contribution in [0.1, 0.15) is 32.6 Å². The summed E-state index contributed by atoms with van der Waals surface area (Å²) in [6.07, 6.45) is 5.02. The SMILES string of the molecule is CCCN1CCN(C(=O)C2CC3CC3C2)CC1. The summed E-state index contributed by atoms with van der Waals surface area (Å²) in [5.41, 5.74) is 0. The Morgan fingerprint density at radius 1 is 1.06 bits per heavy atom. The Kier molecular flexibility index (Phi) is 3.12. The number of nitrogens with zero attached hydrogens (tertiary/aromatic N) is 2. The Labute approximate surface area is 104 Å². The van der Waals surface area contributed by atoms with Gasteiger partial charge in [0, 0.05) is 32.1 Å². The average molecular weight is 236 g/mol. The molecule has 0 aromatic carbocycles. The molecule has 96 valence electrons. The summed E-state index contributed by atoms with van der Waals surface area (Å²) in [4.78, 5) is 16.9. The van der Waals surface area contributed by atoms with E-state index in [0.717, 1.165) is 38.0 Å². The fourth-order valence-corrected chi connectivity index (χ4v) is 3.68. The molecule has 1 saturated heterocycles. The van der Waals surface area contributed by atoms with Crippen molar-refractivity contribution in [1.82, 2.24) is 9.80 Å². The molecular weight excluding hydrogens is 212 g/mol. The lowest BCUT2D eigenvalue weighted by atomic mass is 10.0. The molecule has 0 radical (unpaired) electrons. The van der Waals surface area contributed by atoms with Crippen LogP contribution in [0, 0.1) is 17.8 Å².